The lowest BCUT2D eigenvalue weighted by Crippen LogP contribution is -2.55. The van der Waals surface area contributed by atoms with Crippen molar-refractivity contribution in [3.63, 3.8) is 0 Å². The molecule has 0 radical (unpaired) electrons. The number of aromatic nitrogens is 2. The highest BCUT2D eigenvalue weighted by Crippen LogP contribution is 2.41. The number of methoxy groups -OCH3 is 1. The Bertz CT molecular complexity index is 3980. The van der Waals surface area contributed by atoms with Crippen LogP contribution in [0, 0.1) is 11.8 Å². The number of nitrogens with one attached hydrogen (secondary N) is 8. The Kier molecular flexibility index (Phi) is 30.4. The highest BCUT2D eigenvalue weighted by atomic mass is 16.5. The SMILES string of the molecule is CC[C@@H]1C(=O)N(C)c2cnc(Nc3ccc(C(=O)NCCOCCOCCOCCC(CCC(=O)Nc4cccc5c4CN(C4CCC(=O)NC4=O)C5=O)C(=O)OCc4ccc(NC(=O)[C@H](CCCNC(N)=O)NC(=O)[C@@H](NC(=O)CCCCCN5C(=O)C=CC5=O)C(C)C)cc4)cc3OC)nc2N1C1CCCC1. The van der Waals surface area contributed by atoms with Crippen LogP contribution in [-0.2, 0) is 80.0 Å². The summed E-state index contributed by atoms with van der Waals surface area (Å²) in [5.74, 6) is -4.99. The summed E-state index contributed by atoms with van der Waals surface area (Å²) < 4.78 is 28.8. The molecule has 2 fully saturated rings. The average molecular weight is 1510 g/mol. The monoisotopic (exact) mass is 1510 g/mol. The molecule has 1 aliphatic carbocycles. The highest BCUT2D eigenvalue weighted by molar-refractivity contribution is 6.13. The van der Waals surface area contributed by atoms with Gasteiger partial charge in [-0.3, -0.25) is 67.8 Å². The second-order valence-corrected chi connectivity index (χ2v) is 27.6. The number of ether oxygens (including phenoxy) is 5. The maximum absolute atomic E-state index is 14.0. The third-order valence-corrected chi connectivity index (χ3v) is 19.6. The smallest absolute Gasteiger partial charge is 0.312 e. The van der Waals surface area contributed by atoms with Crippen LogP contribution in [0.25, 0.3) is 0 Å². The summed E-state index contributed by atoms with van der Waals surface area (Å²) in [6.07, 6.45) is 11.0. The predicted molar refractivity (Wildman–Crippen MR) is 398 cm³/mol. The Balaban J connectivity index is 0.728. The van der Waals surface area contributed by atoms with Gasteiger partial charge < -0.3 is 81.3 Å². The van der Waals surface area contributed by atoms with E-state index in [2.05, 4.69) is 52.4 Å². The largest absolute Gasteiger partial charge is 0.495 e. The van der Waals surface area contributed by atoms with Crippen LogP contribution in [0.15, 0.2) is 79.0 Å². The van der Waals surface area contributed by atoms with Crippen LogP contribution in [-0.4, -0.2) is 200 Å². The Morgan fingerprint density at radius 2 is 1.46 bits per heavy atom. The molecule has 0 spiro atoms. The summed E-state index contributed by atoms with van der Waals surface area (Å²) in [7, 11) is 3.25. The fraction of sp³-hybridized carbons (Fsp3) is 0.513. The molecule has 109 heavy (non-hydrogen) atoms. The van der Waals surface area contributed by atoms with E-state index in [1.807, 2.05) is 6.92 Å². The van der Waals surface area contributed by atoms with E-state index in [4.69, 9.17) is 34.4 Å². The van der Waals surface area contributed by atoms with Crippen LogP contribution in [0.4, 0.5) is 39.3 Å². The van der Waals surface area contributed by atoms with Gasteiger partial charge in [-0.15, -0.1) is 0 Å². The quantitative estimate of drug-likeness (QED) is 0.0161. The number of benzene rings is 3. The van der Waals surface area contributed by atoms with Crippen molar-refractivity contribution >= 4 is 111 Å². The number of amides is 13. The van der Waals surface area contributed by atoms with Gasteiger partial charge in [-0.2, -0.15) is 4.98 Å². The molecule has 0 bridgehead atoms. The minimum Gasteiger partial charge on any atom is -0.495 e. The number of hydrogen-bond acceptors (Lipinski definition) is 22. The highest BCUT2D eigenvalue weighted by Gasteiger charge is 2.43. The molecule has 33 heteroatoms. The van der Waals surface area contributed by atoms with Crippen LogP contribution in [0.3, 0.4) is 0 Å². The number of rotatable bonds is 42. The minimum absolute atomic E-state index is 0.0223. The van der Waals surface area contributed by atoms with Gasteiger partial charge in [0.25, 0.3) is 23.6 Å². The maximum Gasteiger partial charge on any atom is 0.312 e. The van der Waals surface area contributed by atoms with E-state index in [0.717, 1.165) is 30.6 Å². The first kappa shape index (κ1) is 82.1. The predicted octanol–water partition coefficient (Wildman–Crippen LogP) is 4.94. The zero-order chi connectivity index (χ0) is 78.1. The van der Waals surface area contributed by atoms with E-state index in [1.165, 1.54) is 24.2 Å². The van der Waals surface area contributed by atoms with Crippen LogP contribution in [0.5, 0.6) is 5.75 Å². The summed E-state index contributed by atoms with van der Waals surface area (Å²) >= 11 is 0. The molecular formula is C76H99N15O18. The molecule has 9 rings (SSSR count). The first-order valence-electron chi connectivity index (χ1n) is 37.2. The number of likely N-dealkylation sites (N-methyl/N-ethyl adjacent to an activating group) is 1. The fourth-order valence-electron chi connectivity index (χ4n) is 13.6. The molecule has 1 aromatic heterocycles. The zero-order valence-electron chi connectivity index (χ0n) is 62.2. The van der Waals surface area contributed by atoms with E-state index >= 15 is 0 Å². The number of imide groups is 2. The van der Waals surface area contributed by atoms with Gasteiger partial charge in [0.15, 0.2) is 5.82 Å². The molecule has 5 atom stereocenters. The van der Waals surface area contributed by atoms with Gasteiger partial charge in [0.1, 0.15) is 42.2 Å². The number of esters is 1. The molecule has 5 heterocycles. The summed E-state index contributed by atoms with van der Waals surface area (Å²) in [4.78, 5) is 184. The molecule has 1 saturated heterocycles. The van der Waals surface area contributed by atoms with Gasteiger partial charge in [-0.25, -0.2) is 9.78 Å². The Hall–Kier alpha value is -10.9. The Labute approximate surface area is 631 Å². The molecule has 33 nitrogen and oxygen atoms in total. The second-order valence-electron chi connectivity index (χ2n) is 27.6. The number of carbonyl (C=O) groups excluding carboxylic acids is 13. The van der Waals surface area contributed by atoms with Crippen molar-refractivity contribution in [3.05, 3.63) is 101 Å². The van der Waals surface area contributed by atoms with Gasteiger partial charge >= 0.3 is 12.0 Å². The molecular weight excluding hydrogens is 1410 g/mol. The van der Waals surface area contributed by atoms with Gasteiger partial charge in [0.2, 0.25) is 47.3 Å². The number of nitrogens with zero attached hydrogens (tertiary/aromatic N) is 6. The van der Waals surface area contributed by atoms with Crippen molar-refractivity contribution in [2.24, 2.45) is 17.6 Å². The average Bonchev–Trinajstić information content (AvgIpc) is 1.72. The van der Waals surface area contributed by atoms with E-state index in [0.29, 0.717) is 88.2 Å². The van der Waals surface area contributed by atoms with Crippen LogP contribution < -0.4 is 62.8 Å². The second kappa shape index (κ2) is 40.3. The minimum atomic E-state index is -1.13. The van der Waals surface area contributed by atoms with Gasteiger partial charge in [0, 0.05) is 105 Å². The Morgan fingerprint density at radius 3 is 2.16 bits per heavy atom. The number of hydrogen-bond donors (Lipinski definition) is 9. The summed E-state index contributed by atoms with van der Waals surface area (Å²) in [6.45, 7) is 6.90. The van der Waals surface area contributed by atoms with Crippen LogP contribution in [0.2, 0.25) is 0 Å². The first-order chi connectivity index (χ1) is 52.5. The van der Waals surface area contributed by atoms with Crippen LogP contribution >= 0.6 is 0 Å². The van der Waals surface area contributed by atoms with Gasteiger partial charge in [-0.1, -0.05) is 58.2 Å². The number of carbonyl (C=O) groups is 13. The van der Waals surface area contributed by atoms with E-state index in [1.54, 1.807) is 92.7 Å². The maximum atomic E-state index is 14.0. The van der Waals surface area contributed by atoms with Crippen molar-refractivity contribution in [2.45, 2.75) is 167 Å². The lowest BCUT2D eigenvalue weighted by Gasteiger charge is -2.43. The molecule has 2 unspecified atom stereocenters. The van der Waals surface area contributed by atoms with E-state index in [-0.39, 0.29) is 165 Å². The van der Waals surface area contributed by atoms with E-state index in [9.17, 15) is 62.3 Å². The molecule has 1 saturated carbocycles. The summed E-state index contributed by atoms with van der Waals surface area (Å²) in [5, 5.41) is 22.0. The number of anilines is 6. The van der Waals surface area contributed by atoms with Crippen molar-refractivity contribution in [1.82, 2.24) is 46.4 Å². The standard InChI is InChI=1S/C76H99N15O18/c1-6-57-73(102)88(4)59-43-80-76(87-67(59)91(57)51-14-9-10-15-51)84-55-26-22-49(42-60(55)105-5)68(97)78-34-37-107-39-41-108-40-38-106-36-32-48(23-28-62(93)82-54-17-12-16-52-53(54)44-90(72(52)101)58-27-29-63(94)86-70(58)99)74(103)109-45-47-20-24-50(25-21-47)81-69(98)56(18-13-33-79-75(77)104)83-71(100)66(46(2)3)85-61(92)19-8-7-11-35-89-64(95)30-31-65(89)96/h12,16-17,20-22,24-26,30-31,42-43,46,48,51,56-58,66H,6-11,13-15,18-19,23,27-29,32-41,44-45H2,1-5H3,(H,78,97)(H,81,98)(H,82,93)(H,83,100)(H,85,92)(H3,77,79,104)(H,80,84,87)(H,86,94,99)/t48?,56-,57+,58?,66-/m0/s1. The van der Waals surface area contributed by atoms with Crippen molar-refractivity contribution < 1.29 is 86.0 Å². The molecule has 10 N–H and O–H groups in total. The number of primary amides is 1. The van der Waals surface area contributed by atoms with Crippen molar-refractivity contribution in [3.8, 4) is 5.75 Å². The Morgan fingerprint density at radius 1 is 0.734 bits per heavy atom. The lowest BCUT2D eigenvalue weighted by atomic mass is 9.99. The zero-order valence-corrected chi connectivity index (χ0v) is 62.2. The summed E-state index contributed by atoms with van der Waals surface area (Å²) in [6, 6.07) is 12.3. The lowest BCUT2D eigenvalue weighted by molar-refractivity contribution is -0.151. The third kappa shape index (κ3) is 22.8. The number of piperidine rings is 1. The molecule has 13 amide bonds. The number of fused-ring (bicyclic) bond motifs is 2. The first-order valence-corrected chi connectivity index (χ1v) is 37.2. The van der Waals surface area contributed by atoms with Crippen LogP contribution in [0.1, 0.15) is 155 Å². The number of urea groups is 1. The normalized spacial score (nSPS) is 17.0. The van der Waals surface area contributed by atoms with Crippen molar-refractivity contribution in [1.29, 1.82) is 0 Å². The van der Waals surface area contributed by atoms with Gasteiger partial charge in [-0.05, 0) is 118 Å². The molecule has 4 aliphatic heterocycles. The molecule has 4 aromatic rings. The molecule has 3 aromatic carbocycles. The molecule has 5 aliphatic rings. The number of unbranched alkanes of at least 4 members (excludes halogenated alkanes) is 2. The van der Waals surface area contributed by atoms with Crippen molar-refractivity contribution in [2.75, 3.05) is 99.2 Å². The van der Waals surface area contributed by atoms with Gasteiger partial charge in [0.05, 0.1) is 57.9 Å². The topological polar surface area (TPSA) is 429 Å². The van der Waals surface area contributed by atoms with E-state index < -0.39 is 77.4 Å². The fourth-order valence-corrected chi connectivity index (χ4v) is 13.6. The number of nitrogens with two attached hydrogens (primary N) is 1. The molecule has 586 valence electrons. The third-order valence-electron chi connectivity index (χ3n) is 19.6. The summed E-state index contributed by atoms with van der Waals surface area (Å²) in [5.41, 5.74) is 8.84.